The highest BCUT2D eigenvalue weighted by atomic mass is 16.6. The molecule has 0 aliphatic rings. The van der Waals surface area contributed by atoms with E-state index in [-0.39, 0.29) is 0 Å². The Balaban J connectivity index is 1.89. The molecule has 2 aromatic carbocycles. The molecule has 0 aliphatic carbocycles. The first-order valence-corrected chi connectivity index (χ1v) is 8.18. The van der Waals surface area contributed by atoms with Gasteiger partial charge in [-0.25, -0.2) is 0 Å². The monoisotopic (exact) mass is 346 g/mol. The third-order valence-corrected chi connectivity index (χ3v) is 3.76. The summed E-state index contributed by atoms with van der Waals surface area (Å²) in [5, 5.41) is 0. The van der Waals surface area contributed by atoms with Crippen LogP contribution in [0.1, 0.15) is 11.1 Å². The largest absolute Gasteiger partial charge is 0.497 e. The summed E-state index contributed by atoms with van der Waals surface area (Å²) in [6.07, 6.45) is 1.57. The third-order valence-electron chi connectivity index (χ3n) is 3.76. The highest BCUT2D eigenvalue weighted by Crippen LogP contribution is 2.27. The third kappa shape index (κ3) is 5.55. The van der Waals surface area contributed by atoms with E-state index in [1.54, 1.807) is 21.3 Å². The van der Waals surface area contributed by atoms with Gasteiger partial charge in [0, 0.05) is 12.6 Å². The minimum Gasteiger partial charge on any atom is -0.497 e. The molecule has 6 nitrogen and oxygen atoms in total. The molecule has 0 spiro atoms. The minimum absolute atomic E-state index is 0.583. The first kappa shape index (κ1) is 18.9. The van der Waals surface area contributed by atoms with E-state index < -0.39 is 0 Å². The molecule has 0 saturated carbocycles. The lowest BCUT2D eigenvalue weighted by Gasteiger charge is -2.12. The summed E-state index contributed by atoms with van der Waals surface area (Å²) in [6.45, 7) is 1.23. The van der Waals surface area contributed by atoms with Crippen LogP contribution in [0.3, 0.4) is 0 Å². The average Bonchev–Trinajstić information content (AvgIpc) is 2.65. The highest BCUT2D eigenvalue weighted by Gasteiger charge is 2.05. The second kappa shape index (κ2) is 9.76. The average molecular weight is 346 g/mol. The maximum atomic E-state index is 5.63. The van der Waals surface area contributed by atoms with Crippen molar-refractivity contribution in [1.29, 1.82) is 0 Å². The highest BCUT2D eigenvalue weighted by molar-refractivity contribution is 5.43. The zero-order chi connectivity index (χ0) is 18.1. The second-order valence-corrected chi connectivity index (χ2v) is 5.49. The number of hydroxylamine groups is 1. The van der Waals surface area contributed by atoms with Crippen LogP contribution in [0, 0.1) is 0 Å². The number of nitrogens with two attached hydrogens (primary N) is 1. The van der Waals surface area contributed by atoms with Crippen LogP contribution in [-0.2, 0) is 12.8 Å². The van der Waals surface area contributed by atoms with Crippen LogP contribution in [0.15, 0.2) is 36.4 Å². The Morgan fingerprint density at radius 3 is 2.24 bits per heavy atom. The van der Waals surface area contributed by atoms with Gasteiger partial charge < -0.3 is 24.8 Å². The van der Waals surface area contributed by atoms with Crippen LogP contribution in [0.25, 0.3) is 0 Å². The number of ether oxygens (including phenoxy) is 3. The first-order chi connectivity index (χ1) is 12.2. The number of benzene rings is 2. The van der Waals surface area contributed by atoms with E-state index in [1.807, 2.05) is 36.4 Å². The van der Waals surface area contributed by atoms with Gasteiger partial charge in [0.15, 0.2) is 17.2 Å². The van der Waals surface area contributed by atoms with Gasteiger partial charge in [-0.3, -0.25) is 0 Å². The van der Waals surface area contributed by atoms with Gasteiger partial charge in [-0.05, 0) is 54.8 Å². The first-order valence-electron chi connectivity index (χ1n) is 8.18. The topological polar surface area (TPSA) is 75.0 Å². The maximum absolute atomic E-state index is 5.63. The molecule has 136 valence electrons. The number of methoxy groups -OCH3 is 3. The SMILES string of the molecule is COc1cc(CCN)cc(ONCCc2ccc(OC)c(OC)c2)c1. The zero-order valence-electron chi connectivity index (χ0n) is 15.0. The van der Waals surface area contributed by atoms with Gasteiger partial charge in [-0.1, -0.05) is 6.07 Å². The van der Waals surface area contributed by atoms with Crippen LogP contribution >= 0.6 is 0 Å². The molecule has 3 N–H and O–H groups in total. The fourth-order valence-corrected chi connectivity index (χ4v) is 2.48. The van der Waals surface area contributed by atoms with Gasteiger partial charge in [0.25, 0.3) is 0 Å². The number of nitrogens with one attached hydrogen (secondary N) is 1. The molecule has 0 bridgehead atoms. The summed E-state index contributed by atoms with van der Waals surface area (Å²) in [5.74, 6) is 2.90. The molecule has 2 rings (SSSR count). The molecule has 6 heteroatoms. The molecule has 2 aromatic rings. The van der Waals surface area contributed by atoms with E-state index in [4.69, 9.17) is 24.8 Å². The van der Waals surface area contributed by atoms with Gasteiger partial charge >= 0.3 is 0 Å². The predicted molar refractivity (Wildman–Crippen MR) is 97.6 cm³/mol. The lowest BCUT2D eigenvalue weighted by Crippen LogP contribution is -2.21. The summed E-state index contributed by atoms with van der Waals surface area (Å²) in [5.41, 5.74) is 10.8. The van der Waals surface area contributed by atoms with Crippen LogP contribution in [0.5, 0.6) is 23.0 Å². The quantitative estimate of drug-likeness (QED) is 0.508. The van der Waals surface area contributed by atoms with E-state index in [9.17, 15) is 0 Å². The Morgan fingerprint density at radius 1 is 0.800 bits per heavy atom. The van der Waals surface area contributed by atoms with E-state index >= 15 is 0 Å². The molecule has 0 unspecified atom stereocenters. The van der Waals surface area contributed by atoms with Gasteiger partial charge in [-0.2, -0.15) is 5.48 Å². The minimum atomic E-state index is 0.583. The Hall–Kier alpha value is -2.44. The van der Waals surface area contributed by atoms with Crippen molar-refractivity contribution in [3.63, 3.8) is 0 Å². The van der Waals surface area contributed by atoms with E-state index in [0.29, 0.717) is 18.8 Å². The van der Waals surface area contributed by atoms with Crippen molar-refractivity contribution >= 4 is 0 Å². The van der Waals surface area contributed by atoms with Crippen LogP contribution in [0.2, 0.25) is 0 Å². The molecule has 25 heavy (non-hydrogen) atoms. The fourth-order valence-electron chi connectivity index (χ4n) is 2.48. The fraction of sp³-hybridized carbons (Fsp3) is 0.368. The Bertz CT molecular complexity index is 676. The molecule has 0 fully saturated rings. The standard InChI is InChI=1S/C19H26N2O4/c1-22-16-10-15(6-8-20)11-17(13-16)25-21-9-7-14-4-5-18(23-2)19(12-14)24-3/h4-5,10-13,21H,6-9,20H2,1-3H3. The Kier molecular flexibility index (Phi) is 7.37. The summed E-state index contributed by atoms with van der Waals surface area (Å²) < 4.78 is 15.8. The predicted octanol–water partition coefficient (Wildman–Crippen LogP) is 2.34. The van der Waals surface area contributed by atoms with Crippen molar-refractivity contribution in [1.82, 2.24) is 5.48 Å². The summed E-state index contributed by atoms with van der Waals surface area (Å²) in [6, 6.07) is 11.6. The van der Waals surface area contributed by atoms with Crippen molar-refractivity contribution in [3.8, 4) is 23.0 Å². The lowest BCUT2D eigenvalue weighted by atomic mass is 10.1. The number of rotatable bonds is 10. The number of hydrogen-bond acceptors (Lipinski definition) is 6. The second-order valence-electron chi connectivity index (χ2n) is 5.49. The molecule has 0 aromatic heterocycles. The molecular formula is C19H26N2O4. The molecule has 0 heterocycles. The molecule has 0 amide bonds. The van der Waals surface area contributed by atoms with Gasteiger partial charge in [0.1, 0.15) is 5.75 Å². The number of hydrogen-bond donors (Lipinski definition) is 2. The molecule has 0 saturated heterocycles. The van der Waals surface area contributed by atoms with Crippen molar-refractivity contribution in [3.05, 3.63) is 47.5 Å². The van der Waals surface area contributed by atoms with Crippen molar-refractivity contribution in [2.45, 2.75) is 12.8 Å². The van der Waals surface area contributed by atoms with Gasteiger partial charge in [-0.15, -0.1) is 0 Å². The summed E-state index contributed by atoms with van der Waals surface area (Å²) in [7, 11) is 4.89. The van der Waals surface area contributed by atoms with Crippen molar-refractivity contribution in [2.75, 3.05) is 34.4 Å². The van der Waals surface area contributed by atoms with Crippen LogP contribution < -0.4 is 30.3 Å². The zero-order valence-corrected chi connectivity index (χ0v) is 15.0. The Morgan fingerprint density at radius 2 is 1.56 bits per heavy atom. The van der Waals surface area contributed by atoms with Crippen molar-refractivity contribution < 1.29 is 19.0 Å². The lowest BCUT2D eigenvalue weighted by molar-refractivity contribution is 0.196. The molecule has 0 aliphatic heterocycles. The van der Waals surface area contributed by atoms with Gasteiger partial charge in [0.2, 0.25) is 0 Å². The smallest absolute Gasteiger partial charge is 0.160 e. The van der Waals surface area contributed by atoms with Crippen molar-refractivity contribution in [2.24, 2.45) is 5.73 Å². The van der Waals surface area contributed by atoms with E-state index in [1.165, 1.54) is 0 Å². The van der Waals surface area contributed by atoms with Crippen LogP contribution in [-0.4, -0.2) is 34.4 Å². The normalized spacial score (nSPS) is 10.4. The Labute approximate surface area is 148 Å². The van der Waals surface area contributed by atoms with Gasteiger partial charge in [0.05, 0.1) is 21.3 Å². The van der Waals surface area contributed by atoms with E-state index in [2.05, 4.69) is 5.48 Å². The van der Waals surface area contributed by atoms with E-state index in [0.717, 1.165) is 41.2 Å². The maximum Gasteiger partial charge on any atom is 0.160 e. The molecular weight excluding hydrogens is 320 g/mol. The molecule has 0 atom stereocenters. The summed E-state index contributed by atoms with van der Waals surface area (Å²) >= 11 is 0. The summed E-state index contributed by atoms with van der Waals surface area (Å²) in [4.78, 5) is 5.63. The van der Waals surface area contributed by atoms with Crippen LogP contribution in [0.4, 0.5) is 0 Å². The molecule has 0 radical (unpaired) electrons.